The van der Waals surface area contributed by atoms with E-state index in [9.17, 15) is 9.18 Å². The topological polar surface area (TPSA) is 32.3 Å². The number of rotatable bonds is 1. The van der Waals surface area contributed by atoms with E-state index in [0.717, 1.165) is 19.4 Å². The molecule has 1 aromatic carbocycles. The molecule has 0 bridgehead atoms. The maximum Gasteiger partial charge on any atom is 0.322 e. The van der Waals surface area contributed by atoms with Crippen molar-refractivity contribution in [2.24, 2.45) is 0 Å². The molecule has 1 aliphatic heterocycles. The summed E-state index contributed by atoms with van der Waals surface area (Å²) < 4.78 is 12.7. The van der Waals surface area contributed by atoms with Crippen molar-refractivity contribution in [2.45, 2.75) is 25.8 Å². The van der Waals surface area contributed by atoms with E-state index in [4.69, 9.17) is 0 Å². The van der Waals surface area contributed by atoms with Gasteiger partial charge in [-0.3, -0.25) is 0 Å². The van der Waals surface area contributed by atoms with Crippen LogP contribution in [0.5, 0.6) is 0 Å². The van der Waals surface area contributed by atoms with E-state index in [1.54, 1.807) is 12.1 Å². The Bertz CT molecular complexity index is 377. The minimum absolute atomic E-state index is 0.100. The number of anilines is 1. The lowest BCUT2D eigenvalue weighted by atomic mass is 10.2. The van der Waals surface area contributed by atoms with Crippen LogP contribution in [0.4, 0.5) is 14.9 Å². The summed E-state index contributed by atoms with van der Waals surface area (Å²) in [5.74, 6) is -0.299. The molecule has 0 radical (unpaired) electrons. The highest BCUT2D eigenvalue weighted by molar-refractivity contribution is 5.89. The lowest BCUT2D eigenvalue weighted by Gasteiger charge is -2.21. The fraction of sp³-hybridized carbons (Fsp3) is 0.417. The van der Waals surface area contributed by atoms with E-state index in [-0.39, 0.29) is 11.8 Å². The maximum absolute atomic E-state index is 12.7. The van der Waals surface area contributed by atoms with E-state index in [0.29, 0.717) is 11.7 Å². The molecule has 1 N–H and O–H groups in total. The highest BCUT2D eigenvalue weighted by Crippen LogP contribution is 2.18. The summed E-state index contributed by atoms with van der Waals surface area (Å²) in [6.45, 7) is 2.84. The van der Waals surface area contributed by atoms with E-state index in [1.807, 2.05) is 11.8 Å². The van der Waals surface area contributed by atoms with Crippen molar-refractivity contribution in [3.8, 4) is 0 Å². The van der Waals surface area contributed by atoms with Crippen molar-refractivity contribution in [3.05, 3.63) is 30.1 Å². The summed E-state index contributed by atoms with van der Waals surface area (Å²) in [6.07, 6.45) is 2.11. The quantitative estimate of drug-likeness (QED) is 0.778. The smallest absolute Gasteiger partial charge is 0.322 e. The van der Waals surface area contributed by atoms with E-state index in [1.165, 1.54) is 12.1 Å². The Morgan fingerprint density at radius 1 is 1.44 bits per heavy atom. The molecule has 0 unspecified atom stereocenters. The van der Waals surface area contributed by atoms with Crippen LogP contribution in [0.3, 0.4) is 0 Å². The first kappa shape index (κ1) is 10.9. The van der Waals surface area contributed by atoms with Crippen LogP contribution in [0.25, 0.3) is 0 Å². The molecular weight excluding hydrogens is 207 g/mol. The first-order chi connectivity index (χ1) is 7.66. The van der Waals surface area contributed by atoms with Crippen LogP contribution in [-0.4, -0.2) is 23.5 Å². The minimum Gasteiger partial charge on any atom is -0.322 e. The fourth-order valence-corrected chi connectivity index (χ4v) is 1.96. The number of carbonyl (C=O) groups is 1. The van der Waals surface area contributed by atoms with Crippen molar-refractivity contribution in [3.63, 3.8) is 0 Å². The summed E-state index contributed by atoms with van der Waals surface area (Å²) in [7, 11) is 0. The zero-order valence-corrected chi connectivity index (χ0v) is 9.24. The summed E-state index contributed by atoms with van der Waals surface area (Å²) in [6, 6.07) is 5.99. The third kappa shape index (κ3) is 2.32. The molecule has 16 heavy (non-hydrogen) atoms. The molecule has 1 aromatic rings. The third-order valence-electron chi connectivity index (χ3n) is 2.91. The normalized spacial score (nSPS) is 19.9. The van der Waals surface area contributed by atoms with Gasteiger partial charge in [-0.1, -0.05) is 0 Å². The molecule has 2 amide bonds. The zero-order valence-electron chi connectivity index (χ0n) is 9.24. The molecule has 0 spiro atoms. The summed E-state index contributed by atoms with van der Waals surface area (Å²) >= 11 is 0. The number of benzene rings is 1. The van der Waals surface area contributed by atoms with Crippen molar-refractivity contribution >= 4 is 11.7 Å². The van der Waals surface area contributed by atoms with Gasteiger partial charge in [0.1, 0.15) is 5.82 Å². The van der Waals surface area contributed by atoms with Gasteiger partial charge in [0.15, 0.2) is 0 Å². The lowest BCUT2D eigenvalue weighted by molar-refractivity contribution is 0.210. The molecule has 2 rings (SSSR count). The van der Waals surface area contributed by atoms with Gasteiger partial charge < -0.3 is 10.2 Å². The Kier molecular flexibility index (Phi) is 3.08. The van der Waals surface area contributed by atoms with Crippen LogP contribution >= 0.6 is 0 Å². The molecule has 0 aliphatic carbocycles. The van der Waals surface area contributed by atoms with Gasteiger partial charge in [0.2, 0.25) is 0 Å². The lowest BCUT2D eigenvalue weighted by Crippen LogP contribution is -2.37. The van der Waals surface area contributed by atoms with E-state index >= 15 is 0 Å². The second-order valence-corrected chi connectivity index (χ2v) is 4.12. The van der Waals surface area contributed by atoms with Gasteiger partial charge in [-0.15, -0.1) is 0 Å². The van der Waals surface area contributed by atoms with Crippen molar-refractivity contribution in [1.82, 2.24) is 4.90 Å². The second kappa shape index (κ2) is 4.51. The number of halogens is 1. The van der Waals surface area contributed by atoms with Crippen LogP contribution in [0.15, 0.2) is 24.3 Å². The van der Waals surface area contributed by atoms with Gasteiger partial charge in [-0.05, 0) is 44.0 Å². The molecule has 1 heterocycles. The molecule has 1 saturated heterocycles. The standard InChI is InChI=1S/C12H15FN2O/c1-9-3-2-8-15(9)12(16)14-11-6-4-10(13)5-7-11/h4-7,9H,2-3,8H2,1H3,(H,14,16)/t9-/m1/s1. The number of nitrogens with one attached hydrogen (secondary N) is 1. The zero-order chi connectivity index (χ0) is 11.5. The van der Waals surface area contributed by atoms with Gasteiger partial charge in [-0.25, -0.2) is 9.18 Å². The van der Waals surface area contributed by atoms with Crippen LogP contribution < -0.4 is 5.32 Å². The van der Waals surface area contributed by atoms with Gasteiger partial charge in [0.05, 0.1) is 0 Å². The monoisotopic (exact) mass is 222 g/mol. The van der Waals surface area contributed by atoms with Crippen LogP contribution in [0.1, 0.15) is 19.8 Å². The first-order valence-electron chi connectivity index (χ1n) is 5.50. The molecule has 1 aliphatic rings. The number of hydrogen-bond donors (Lipinski definition) is 1. The van der Waals surface area contributed by atoms with Crippen molar-refractivity contribution in [2.75, 3.05) is 11.9 Å². The van der Waals surface area contributed by atoms with Crippen LogP contribution in [0.2, 0.25) is 0 Å². The van der Waals surface area contributed by atoms with Crippen LogP contribution in [-0.2, 0) is 0 Å². The fourth-order valence-electron chi connectivity index (χ4n) is 1.96. The van der Waals surface area contributed by atoms with Gasteiger partial charge in [0.25, 0.3) is 0 Å². The Morgan fingerprint density at radius 2 is 2.12 bits per heavy atom. The number of urea groups is 1. The van der Waals surface area contributed by atoms with Gasteiger partial charge in [0, 0.05) is 18.3 Å². The second-order valence-electron chi connectivity index (χ2n) is 4.12. The molecular formula is C12H15FN2O. The number of carbonyl (C=O) groups excluding carboxylic acids is 1. The maximum atomic E-state index is 12.7. The molecule has 1 atom stereocenters. The first-order valence-corrected chi connectivity index (χ1v) is 5.50. The molecule has 1 fully saturated rings. The third-order valence-corrected chi connectivity index (χ3v) is 2.91. The largest absolute Gasteiger partial charge is 0.322 e. The summed E-state index contributed by atoms with van der Waals surface area (Å²) in [5.41, 5.74) is 0.630. The molecule has 3 nitrogen and oxygen atoms in total. The summed E-state index contributed by atoms with van der Waals surface area (Å²) in [5, 5.41) is 2.76. The molecule has 0 saturated carbocycles. The van der Waals surface area contributed by atoms with E-state index < -0.39 is 0 Å². The molecule has 0 aromatic heterocycles. The Labute approximate surface area is 94.3 Å². The molecule has 4 heteroatoms. The average Bonchev–Trinajstić information content (AvgIpc) is 2.68. The van der Waals surface area contributed by atoms with Crippen molar-refractivity contribution in [1.29, 1.82) is 0 Å². The Morgan fingerprint density at radius 3 is 2.69 bits per heavy atom. The van der Waals surface area contributed by atoms with E-state index in [2.05, 4.69) is 5.32 Å². The Hall–Kier alpha value is -1.58. The number of hydrogen-bond acceptors (Lipinski definition) is 1. The van der Waals surface area contributed by atoms with Gasteiger partial charge >= 0.3 is 6.03 Å². The highest BCUT2D eigenvalue weighted by Gasteiger charge is 2.24. The predicted molar refractivity (Wildman–Crippen MR) is 60.8 cm³/mol. The number of amides is 2. The number of likely N-dealkylation sites (tertiary alicyclic amines) is 1. The van der Waals surface area contributed by atoms with Crippen molar-refractivity contribution < 1.29 is 9.18 Å². The Balaban J connectivity index is 1.99. The number of nitrogens with zero attached hydrogens (tertiary/aromatic N) is 1. The minimum atomic E-state index is -0.299. The van der Waals surface area contributed by atoms with Gasteiger partial charge in [-0.2, -0.15) is 0 Å². The predicted octanol–water partition coefficient (Wildman–Crippen LogP) is 2.84. The average molecular weight is 222 g/mol. The SMILES string of the molecule is C[C@@H]1CCCN1C(=O)Nc1ccc(F)cc1. The van der Waals surface area contributed by atoms with Crippen LogP contribution in [0, 0.1) is 5.82 Å². The summed E-state index contributed by atoms with van der Waals surface area (Å²) in [4.78, 5) is 13.6. The highest BCUT2D eigenvalue weighted by atomic mass is 19.1. The molecule has 86 valence electrons.